The van der Waals surface area contributed by atoms with Gasteiger partial charge in [0.25, 0.3) is 0 Å². The molecule has 2 heterocycles. The average Bonchev–Trinajstić information content (AvgIpc) is 2.96. The van der Waals surface area contributed by atoms with Gasteiger partial charge in [0.15, 0.2) is 11.5 Å². The maximum absolute atomic E-state index is 6.32. The molecule has 7 heteroatoms. The van der Waals surface area contributed by atoms with E-state index in [1.807, 2.05) is 30.3 Å². The van der Waals surface area contributed by atoms with Crippen LogP contribution in [-0.4, -0.2) is 19.6 Å². The number of hydrogen-bond donors (Lipinski definition) is 0. The van der Waals surface area contributed by atoms with Crippen molar-refractivity contribution in [2.75, 3.05) is 0 Å². The lowest BCUT2D eigenvalue weighted by atomic mass is 10.2. The first kappa shape index (κ1) is 13.8. The van der Waals surface area contributed by atoms with Crippen LogP contribution in [0.2, 0.25) is 15.3 Å². The zero-order valence-corrected chi connectivity index (χ0v) is 13.2. The molecular weight excluding hydrogens is 343 g/mol. The number of nitrogens with zero attached hydrogens (tertiary/aromatic N) is 4. The van der Waals surface area contributed by atoms with Crippen LogP contribution in [0, 0.1) is 0 Å². The molecule has 0 bridgehead atoms. The average molecular weight is 350 g/mol. The van der Waals surface area contributed by atoms with Gasteiger partial charge in [-0.2, -0.15) is 0 Å². The molecule has 4 aromatic rings. The number of benzene rings is 2. The van der Waals surface area contributed by atoms with Crippen molar-refractivity contribution in [3.05, 3.63) is 57.8 Å². The molecule has 0 spiro atoms. The maximum Gasteiger partial charge on any atom is 0.210 e. The van der Waals surface area contributed by atoms with E-state index in [0.717, 1.165) is 16.5 Å². The fraction of sp³-hybridized carbons (Fsp3) is 0. The van der Waals surface area contributed by atoms with Gasteiger partial charge in [-0.1, -0.05) is 35.3 Å². The maximum atomic E-state index is 6.32. The summed E-state index contributed by atoms with van der Waals surface area (Å²) < 4.78 is 1.70. The van der Waals surface area contributed by atoms with Crippen LogP contribution in [0.3, 0.4) is 0 Å². The topological polar surface area (TPSA) is 43.1 Å². The van der Waals surface area contributed by atoms with E-state index >= 15 is 0 Å². The number of para-hydroxylation sites is 1. The molecule has 22 heavy (non-hydrogen) atoms. The minimum Gasteiger partial charge on any atom is -0.248 e. The molecule has 108 valence electrons. The lowest BCUT2D eigenvalue weighted by Gasteiger charge is -2.05. The molecule has 4 nitrogen and oxygen atoms in total. The minimum absolute atomic E-state index is 0.291. The lowest BCUT2D eigenvalue weighted by molar-refractivity contribution is 1.09. The molecule has 0 aliphatic carbocycles. The molecule has 0 saturated carbocycles. The molecule has 2 aromatic carbocycles. The van der Waals surface area contributed by atoms with Crippen LogP contribution in [-0.2, 0) is 0 Å². The zero-order chi connectivity index (χ0) is 15.3. The van der Waals surface area contributed by atoms with Gasteiger partial charge in [-0.15, -0.1) is 10.2 Å². The number of halogens is 3. The fourth-order valence-corrected chi connectivity index (χ4v) is 2.91. The molecule has 2 aromatic heterocycles. The van der Waals surface area contributed by atoms with Crippen LogP contribution in [0.25, 0.3) is 27.9 Å². The molecule has 0 amide bonds. The second-order valence-electron chi connectivity index (χ2n) is 4.71. The summed E-state index contributed by atoms with van der Waals surface area (Å²) in [6.07, 6.45) is 0. The standard InChI is InChI=1S/C15H7Cl3N4/c16-10-6-5-8(7-11(10)17)13-20-21-14-9-3-1-2-4-12(9)19-15(18)22(13)14/h1-7H. The van der Waals surface area contributed by atoms with Crippen molar-refractivity contribution in [3.63, 3.8) is 0 Å². The van der Waals surface area contributed by atoms with Gasteiger partial charge in [0, 0.05) is 10.9 Å². The number of hydrogen-bond acceptors (Lipinski definition) is 3. The van der Waals surface area contributed by atoms with E-state index < -0.39 is 0 Å². The highest BCUT2D eigenvalue weighted by atomic mass is 35.5. The molecule has 4 rings (SSSR count). The van der Waals surface area contributed by atoms with Crippen LogP contribution >= 0.6 is 34.8 Å². The summed E-state index contributed by atoms with van der Waals surface area (Å²) in [4.78, 5) is 4.39. The summed E-state index contributed by atoms with van der Waals surface area (Å²) in [5.74, 6) is 0.566. The van der Waals surface area contributed by atoms with Crippen LogP contribution < -0.4 is 0 Å². The monoisotopic (exact) mass is 348 g/mol. The Labute approximate surface area is 140 Å². The highest BCUT2D eigenvalue weighted by Gasteiger charge is 2.15. The molecule has 0 atom stereocenters. The third-order valence-corrected chi connectivity index (χ3v) is 4.38. The summed E-state index contributed by atoms with van der Waals surface area (Å²) in [5, 5.41) is 10.6. The Kier molecular flexibility index (Phi) is 3.18. The second-order valence-corrected chi connectivity index (χ2v) is 5.86. The van der Waals surface area contributed by atoms with Gasteiger partial charge in [0.05, 0.1) is 15.6 Å². The first-order chi connectivity index (χ1) is 10.6. The van der Waals surface area contributed by atoms with Crippen molar-refractivity contribution < 1.29 is 0 Å². The van der Waals surface area contributed by atoms with Crippen LogP contribution in [0.4, 0.5) is 0 Å². The Morgan fingerprint density at radius 2 is 1.68 bits per heavy atom. The molecule has 0 N–H and O–H groups in total. The molecule has 0 unspecified atom stereocenters. The Morgan fingerprint density at radius 1 is 0.864 bits per heavy atom. The van der Waals surface area contributed by atoms with Crippen LogP contribution in [0.5, 0.6) is 0 Å². The number of aromatic nitrogens is 4. The smallest absolute Gasteiger partial charge is 0.210 e. The summed E-state index contributed by atoms with van der Waals surface area (Å²) in [6.45, 7) is 0. The first-order valence-electron chi connectivity index (χ1n) is 6.40. The van der Waals surface area contributed by atoms with Crippen LogP contribution in [0.1, 0.15) is 0 Å². The Balaban J connectivity index is 2.07. The Morgan fingerprint density at radius 3 is 2.50 bits per heavy atom. The number of fused-ring (bicyclic) bond motifs is 3. The SMILES string of the molecule is Clc1ccc(-c2nnc3c4ccccc4nc(Cl)n23)cc1Cl. The van der Waals surface area contributed by atoms with Gasteiger partial charge in [-0.05, 0) is 41.9 Å². The summed E-state index contributed by atoms with van der Waals surface area (Å²) in [5.41, 5.74) is 2.19. The van der Waals surface area contributed by atoms with Crippen molar-refractivity contribution in [2.24, 2.45) is 0 Å². The summed E-state index contributed by atoms with van der Waals surface area (Å²) in [6, 6.07) is 12.9. The van der Waals surface area contributed by atoms with Gasteiger partial charge in [0.1, 0.15) is 0 Å². The van der Waals surface area contributed by atoms with Gasteiger partial charge >= 0.3 is 0 Å². The van der Waals surface area contributed by atoms with Crippen molar-refractivity contribution >= 4 is 51.4 Å². The van der Waals surface area contributed by atoms with Crippen molar-refractivity contribution in [1.29, 1.82) is 0 Å². The van der Waals surface area contributed by atoms with Crippen molar-refractivity contribution in [1.82, 2.24) is 19.6 Å². The molecule has 0 fully saturated rings. The predicted molar refractivity (Wildman–Crippen MR) is 88.8 cm³/mol. The third-order valence-electron chi connectivity index (χ3n) is 3.38. The quantitative estimate of drug-likeness (QED) is 0.459. The third kappa shape index (κ3) is 2.03. The normalized spacial score (nSPS) is 11.4. The molecule has 0 radical (unpaired) electrons. The second kappa shape index (κ2) is 5.09. The van der Waals surface area contributed by atoms with E-state index in [1.165, 1.54) is 0 Å². The summed E-state index contributed by atoms with van der Waals surface area (Å²) >= 11 is 18.4. The van der Waals surface area contributed by atoms with Gasteiger partial charge < -0.3 is 0 Å². The van der Waals surface area contributed by atoms with E-state index in [9.17, 15) is 0 Å². The molecular formula is C15H7Cl3N4. The Hall–Kier alpha value is -1.88. The first-order valence-corrected chi connectivity index (χ1v) is 7.53. The van der Waals surface area contributed by atoms with Gasteiger partial charge in [0.2, 0.25) is 5.28 Å². The van der Waals surface area contributed by atoms with E-state index in [-0.39, 0.29) is 0 Å². The fourth-order valence-electron chi connectivity index (χ4n) is 2.37. The molecule has 0 aliphatic heterocycles. The lowest BCUT2D eigenvalue weighted by Crippen LogP contribution is -1.95. The molecule has 0 saturated heterocycles. The van der Waals surface area contributed by atoms with Crippen LogP contribution in [0.15, 0.2) is 42.5 Å². The van der Waals surface area contributed by atoms with E-state index in [1.54, 1.807) is 16.5 Å². The predicted octanol–water partition coefficient (Wildman–Crippen LogP) is 4.90. The Bertz CT molecular complexity index is 1030. The van der Waals surface area contributed by atoms with Crippen molar-refractivity contribution in [3.8, 4) is 11.4 Å². The highest BCUT2D eigenvalue weighted by molar-refractivity contribution is 6.42. The molecule has 0 aliphatic rings. The van der Waals surface area contributed by atoms with Gasteiger partial charge in [-0.25, -0.2) is 9.38 Å². The van der Waals surface area contributed by atoms with Crippen molar-refractivity contribution in [2.45, 2.75) is 0 Å². The van der Waals surface area contributed by atoms with E-state index in [4.69, 9.17) is 34.8 Å². The number of rotatable bonds is 1. The van der Waals surface area contributed by atoms with E-state index in [0.29, 0.717) is 26.8 Å². The summed E-state index contributed by atoms with van der Waals surface area (Å²) in [7, 11) is 0. The van der Waals surface area contributed by atoms with E-state index in [2.05, 4.69) is 15.2 Å². The zero-order valence-electron chi connectivity index (χ0n) is 11.0. The largest absolute Gasteiger partial charge is 0.248 e. The minimum atomic E-state index is 0.291. The van der Waals surface area contributed by atoms with Gasteiger partial charge in [-0.3, -0.25) is 0 Å². The highest BCUT2D eigenvalue weighted by Crippen LogP contribution is 2.30.